The number of imidazole rings is 1. The lowest BCUT2D eigenvalue weighted by Gasteiger charge is -2.32. The zero-order chi connectivity index (χ0) is 27.4. The van der Waals surface area contributed by atoms with E-state index in [-0.39, 0.29) is 24.3 Å². The number of hydrogen-bond donors (Lipinski definition) is 1. The number of fused-ring (bicyclic) bond motifs is 1. The van der Waals surface area contributed by atoms with Gasteiger partial charge < -0.3 is 9.30 Å². The van der Waals surface area contributed by atoms with Gasteiger partial charge in [-0.3, -0.25) is 14.8 Å². The Hall–Kier alpha value is -3.66. The highest BCUT2D eigenvalue weighted by Crippen LogP contribution is 2.43. The zero-order valence-corrected chi connectivity index (χ0v) is 22.0. The Labute approximate surface area is 224 Å². The van der Waals surface area contributed by atoms with Gasteiger partial charge in [0.25, 0.3) is 5.91 Å². The van der Waals surface area contributed by atoms with Crippen molar-refractivity contribution in [2.75, 3.05) is 12.0 Å². The molecule has 0 radical (unpaired) electrons. The Kier molecular flexibility index (Phi) is 6.45. The van der Waals surface area contributed by atoms with E-state index in [0.717, 1.165) is 71.4 Å². The van der Waals surface area contributed by atoms with Crippen LogP contribution in [0.1, 0.15) is 61.4 Å². The summed E-state index contributed by atoms with van der Waals surface area (Å²) in [5, 5.41) is 7.33. The molecule has 1 aliphatic heterocycles. The summed E-state index contributed by atoms with van der Waals surface area (Å²) in [6, 6.07) is 8.54. The summed E-state index contributed by atoms with van der Waals surface area (Å²) in [7, 11) is 1.72. The maximum atomic E-state index is 15.0. The van der Waals surface area contributed by atoms with Crippen molar-refractivity contribution in [2.45, 2.75) is 70.3 Å². The molecule has 204 valence electrons. The lowest BCUT2D eigenvalue weighted by atomic mass is 9.92. The van der Waals surface area contributed by atoms with E-state index in [2.05, 4.69) is 14.8 Å². The fourth-order valence-electron chi connectivity index (χ4n) is 6.28. The molecule has 0 bridgehead atoms. The van der Waals surface area contributed by atoms with Gasteiger partial charge in [-0.2, -0.15) is 5.10 Å². The second-order valence-corrected chi connectivity index (χ2v) is 10.5. The summed E-state index contributed by atoms with van der Waals surface area (Å²) in [4.78, 5) is 19.3. The molecule has 7 nitrogen and oxygen atoms in total. The average molecular weight is 538 g/mol. The van der Waals surface area contributed by atoms with Gasteiger partial charge in [-0.05, 0) is 69.4 Å². The highest BCUT2D eigenvalue weighted by molar-refractivity contribution is 5.99. The summed E-state index contributed by atoms with van der Waals surface area (Å²) in [6.45, 7) is 3.90. The fourth-order valence-corrected chi connectivity index (χ4v) is 6.28. The Morgan fingerprint density at radius 3 is 2.46 bits per heavy atom. The molecule has 6 rings (SSSR count). The maximum absolute atomic E-state index is 15.0. The second kappa shape index (κ2) is 9.82. The minimum Gasteiger partial charge on any atom is -0.381 e. The highest BCUT2D eigenvalue weighted by atomic mass is 19.2. The van der Waals surface area contributed by atoms with Gasteiger partial charge >= 0.3 is 0 Å². The Balaban J connectivity index is 1.50. The van der Waals surface area contributed by atoms with Crippen molar-refractivity contribution in [1.29, 1.82) is 0 Å². The summed E-state index contributed by atoms with van der Waals surface area (Å²) in [6.07, 6.45) is 1.70. The molecule has 2 aromatic carbocycles. The van der Waals surface area contributed by atoms with Crippen LogP contribution >= 0.6 is 0 Å². The van der Waals surface area contributed by atoms with E-state index in [4.69, 9.17) is 9.72 Å². The van der Waals surface area contributed by atoms with Crippen molar-refractivity contribution in [1.82, 2.24) is 19.7 Å². The molecular weight excluding hydrogens is 507 g/mol. The number of carbonyl (C=O) groups excluding carboxylic acids is 1. The van der Waals surface area contributed by atoms with E-state index in [0.29, 0.717) is 5.82 Å². The summed E-state index contributed by atoms with van der Waals surface area (Å²) in [5.41, 5.74) is 5.47. The lowest BCUT2D eigenvalue weighted by molar-refractivity contribution is -0.121. The van der Waals surface area contributed by atoms with Crippen molar-refractivity contribution in [3.63, 3.8) is 0 Å². The molecule has 2 fully saturated rings. The van der Waals surface area contributed by atoms with Crippen LogP contribution in [0.4, 0.5) is 18.9 Å². The molecular formula is C29H30F3N5O2. The quantitative estimate of drug-likeness (QED) is 0.326. The number of carbonyl (C=O) groups is 1. The number of halogens is 3. The molecule has 1 aliphatic carbocycles. The minimum absolute atomic E-state index is 0.0696. The number of methoxy groups -OCH3 is 1. The third-order valence-corrected chi connectivity index (χ3v) is 8.20. The van der Waals surface area contributed by atoms with Gasteiger partial charge in [0.05, 0.1) is 28.9 Å². The van der Waals surface area contributed by atoms with Crippen LogP contribution in [0.15, 0.2) is 36.4 Å². The first-order valence-electron chi connectivity index (χ1n) is 13.3. The number of amides is 1. The van der Waals surface area contributed by atoms with Gasteiger partial charge in [0.15, 0.2) is 17.8 Å². The van der Waals surface area contributed by atoms with Gasteiger partial charge in [-0.25, -0.2) is 18.2 Å². The van der Waals surface area contributed by atoms with Crippen LogP contribution < -0.4 is 4.90 Å². The molecule has 10 heteroatoms. The van der Waals surface area contributed by atoms with Crippen LogP contribution in [-0.2, 0) is 9.53 Å². The van der Waals surface area contributed by atoms with E-state index in [9.17, 15) is 13.6 Å². The van der Waals surface area contributed by atoms with Gasteiger partial charge in [-0.15, -0.1) is 0 Å². The van der Waals surface area contributed by atoms with Crippen LogP contribution in [0.5, 0.6) is 0 Å². The summed E-state index contributed by atoms with van der Waals surface area (Å²) < 4.78 is 50.6. The van der Waals surface area contributed by atoms with Crippen molar-refractivity contribution in [2.24, 2.45) is 0 Å². The average Bonchev–Trinajstić information content (AvgIpc) is 3.57. The number of aromatic nitrogens is 4. The lowest BCUT2D eigenvalue weighted by Crippen LogP contribution is -2.32. The van der Waals surface area contributed by atoms with Crippen LogP contribution in [0.3, 0.4) is 0 Å². The fraction of sp³-hybridized carbons (Fsp3) is 0.414. The number of aryl methyl sites for hydroxylation is 2. The van der Waals surface area contributed by atoms with Crippen molar-refractivity contribution in [3.05, 3.63) is 65.2 Å². The first-order valence-corrected chi connectivity index (χ1v) is 13.3. The molecule has 2 atom stereocenters. The number of alkyl halides is 1. The van der Waals surface area contributed by atoms with E-state index in [1.54, 1.807) is 7.11 Å². The number of H-pyrrole nitrogens is 1. The van der Waals surface area contributed by atoms with E-state index in [1.807, 2.05) is 32.0 Å². The molecule has 0 spiro atoms. The molecule has 39 heavy (non-hydrogen) atoms. The van der Waals surface area contributed by atoms with Gasteiger partial charge in [-0.1, -0.05) is 6.07 Å². The molecule has 2 aromatic heterocycles. The molecule has 2 aliphatic rings. The highest BCUT2D eigenvalue weighted by Gasteiger charge is 2.45. The normalized spacial score (nSPS) is 23.7. The molecule has 3 heterocycles. The number of nitrogens with zero attached hydrogens (tertiary/aromatic N) is 4. The molecule has 0 unspecified atom stereocenters. The Morgan fingerprint density at radius 1 is 1.03 bits per heavy atom. The number of rotatable bonds is 5. The standard InChI is InChI=1S/C29H30F3N5O2/c1-15-27(16(2)35-34-15)17-4-11-25-24(12-17)33-28(36(25)18-5-8-20(39-3)9-6-18)26-14-23(32)29(38)37(26)19-7-10-21(30)22(31)13-19/h4,7,10-13,18,20,23,26H,5-6,8-9,14H2,1-3H3,(H,34,35)/t18?,20?,23-,26-/m0/s1. The molecule has 1 N–H and O–H groups in total. The van der Waals surface area contributed by atoms with Gasteiger partial charge in [0.2, 0.25) is 0 Å². The van der Waals surface area contributed by atoms with Crippen molar-refractivity contribution < 1.29 is 22.7 Å². The number of hydrogen-bond acceptors (Lipinski definition) is 4. The second-order valence-electron chi connectivity index (χ2n) is 10.5. The van der Waals surface area contributed by atoms with Crippen molar-refractivity contribution in [3.8, 4) is 11.1 Å². The van der Waals surface area contributed by atoms with Crippen LogP contribution in [0, 0.1) is 25.5 Å². The molecule has 4 aromatic rings. The number of nitrogens with one attached hydrogen (secondary N) is 1. The topological polar surface area (TPSA) is 76.0 Å². The van der Waals surface area contributed by atoms with Gasteiger partial charge in [0.1, 0.15) is 5.82 Å². The van der Waals surface area contributed by atoms with Crippen LogP contribution in [0.25, 0.3) is 22.2 Å². The molecule has 1 saturated carbocycles. The largest absolute Gasteiger partial charge is 0.381 e. The number of benzene rings is 2. The van der Waals surface area contributed by atoms with Gasteiger partial charge in [0, 0.05) is 42.6 Å². The predicted octanol–water partition coefficient (Wildman–Crippen LogP) is 6.27. The summed E-state index contributed by atoms with van der Waals surface area (Å²) >= 11 is 0. The number of aromatic amines is 1. The Morgan fingerprint density at radius 2 is 1.79 bits per heavy atom. The van der Waals surface area contributed by atoms with E-state index in [1.165, 1.54) is 11.0 Å². The zero-order valence-electron chi connectivity index (χ0n) is 22.0. The first-order chi connectivity index (χ1) is 18.8. The van der Waals surface area contributed by atoms with Crippen LogP contribution in [-0.4, -0.2) is 45.0 Å². The first kappa shape index (κ1) is 25.6. The number of ether oxygens (including phenoxy) is 1. The predicted molar refractivity (Wildman–Crippen MR) is 141 cm³/mol. The van der Waals surface area contributed by atoms with Crippen LogP contribution in [0.2, 0.25) is 0 Å². The summed E-state index contributed by atoms with van der Waals surface area (Å²) in [5.74, 6) is -2.36. The third-order valence-electron chi connectivity index (χ3n) is 8.20. The smallest absolute Gasteiger partial charge is 0.262 e. The monoisotopic (exact) mass is 537 g/mol. The Bertz CT molecular complexity index is 1540. The SMILES string of the molecule is COC1CCC(n2c([C@@H]3C[C@H](F)C(=O)N3c3ccc(F)c(F)c3)nc3cc(-c4c(C)n[nH]c4C)ccc32)CC1. The third kappa shape index (κ3) is 4.30. The van der Waals surface area contributed by atoms with E-state index < -0.39 is 29.8 Å². The number of anilines is 1. The molecule has 1 amide bonds. The molecule has 1 saturated heterocycles. The minimum atomic E-state index is -1.77. The van der Waals surface area contributed by atoms with E-state index >= 15 is 4.39 Å². The maximum Gasteiger partial charge on any atom is 0.262 e. The van der Waals surface area contributed by atoms with Crippen molar-refractivity contribution >= 4 is 22.6 Å².